The fourth-order valence-corrected chi connectivity index (χ4v) is 3.00. The van der Waals surface area contributed by atoms with Crippen molar-refractivity contribution in [1.29, 1.82) is 0 Å². The van der Waals surface area contributed by atoms with Crippen LogP contribution in [0.2, 0.25) is 0 Å². The highest BCUT2D eigenvalue weighted by molar-refractivity contribution is 5.94. The van der Waals surface area contributed by atoms with Crippen molar-refractivity contribution in [2.45, 2.75) is 31.1 Å². The van der Waals surface area contributed by atoms with Crippen molar-refractivity contribution in [3.63, 3.8) is 0 Å². The first-order valence-electron chi connectivity index (χ1n) is 6.31. The van der Waals surface area contributed by atoms with Gasteiger partial charge in [0.1, 0.15) is 0 Å². The maximum absolute atomic E-state index is 11.6. The molecular formula is C15H15NO2. The third-order valence-electron chi connectivity index (χ3n) is 4.00. The zero-order chi connectivity index (χ0) is 12.6. The van der Waals surface area contributed by atoms with Gasteiger partial charge in [0.2, 0.25) is 5.91 Å². The summed E-state index contributed by atoms with van der Waals surface area (Å²) in [6.45, 7) is 0. The lowest BCUT2D eigenvalue weighted by molar-refractivity contribution is -0.122. The minimum atomic E-state index is -0.164. The number of carbonyl (C=O) groups is 2. The second kappa shape index (κ2) is 4.09. The van der Waals surface area contributed by atoms with Crippen LogP contribution in [0.4, 0.5) is 0 Å². The van der Waals surface area contributed by atoms with E-state index in [4.69, 9.17) is 0 Å². The van der Waals surface area contributed by atoms with Crippen LogP contribution in [0, 0.1) is 0 Å². The maximum Gasteiger partial charge on any atom is 0.224 e. The predicted molar refractivity (Wildman–Crippen MR) is 67.8 cm³/mol. The highest BCUT2D eigenvalue weighted by Crippen LogP contribution is 2.44. The molecule has 1 amide bonds. The zero-order valence-corrected chi connectivity index (χ0v) is 10.1. The third kappa shape index (κ3) is 1.67. The van der Waals surface area contributed by atoms with Gasteiger partial charge in [0.25, 0.3) is 0 Å². The molecule has 1 aromatic rings. The molecule has 1 unspecified atom stereocenters. The number of hydrogen-bond acceptors (Lipinski definition) is 2. The Morgan fingerprint density at radius 1 is 1.00 bits per heavy atom. The number of hydrogen-bond donors (Lipinski definition) is 1. The first-order valence-corrected chi connectivity index (χ1v) is 6.31. The number of rotatable bonds is 1. The second-order valence-electron chi connectivity index (χ2n) is 5.02. The van der Waals surface area contributed by atoms with E-state index >= 15 is 0 Å². The van der Waals surface area contributed by atoms with Gasteiger partial charge in [-0.25, -0.2) is 0 Å². The van der Waals surface area contributed by atoms with Gasteiger partial charge in [0, 0.05) is 30.0 Å². The second-order valence-corrected chi connectivity index (χ2v) is 5.02. The molecule has 1 heterocycles. The van der Waals surface area contributed by atoms with Crippen molar-refractivity contribution in [3.8, 4) is 0 Å². The lowest BCUT2D eigenvalue weighted by atomic mass is 9.66. The van der Waals surface area contributed by atoms with Gasteiger partial charge in [0.05, 0.1) is 0 Å². The molecule has 1 aliphatic carbocycles. The van der Waals surface area contributed by atoms with Crippen LogP contribution in [0.3, 0.4) is 0 Å². The van der Waals surface area contributed by atoms with E-state index in [1.807, 2.05) is 18.2 Å². The van der Waals surface area contributed by atoms with Crippen LogP contribution in [0.1, 0.15) is 31.2 Å². The molecule has 1 atom stereocenters. The van der Waals surface area contributed by atoms with Gasteiger partial charge in [-0.3, -0.25) is 9.59 Å². The summed E-state index contributed by atoms with van der Waals surface area (Å²) in [5, 5.41) is 2.89. The summed E-state index contributed by atoms with van der Waals surface area (Å²) < 4.78 is 0. The molecule has 1 aromatic carbocycles. The minimum absolute atomic E-state index is 0.0162. The fourth-order valence-electron chi connectivity index (χ4n) is 3.00. The Kier molecular flexibility index (Phi) is 2.54. The molecule has 3 rings (SSSR count). The number of allylic oxidation sites excluding steroid dienone is 2. The molecule has 1 N–H and O–H groups in total. The molecule has 0 radical (unpaired) electrons. The van der Waals surface area contributed by atoms with E-state index in [1.165, 1.54) is 5.56 Å². The highest BCUT2D eigenvalue weighted by Gasteiger charge is 2.42. The average Bonchev–Trinajstić information content (AvgIpc) is 2.39. The summed E-state index contributed by atoms with van der Waals surface area (Å²) in [5.41, 5.74) is 1.83. The summed E-state index contributed by atoms with van der Waals surface area (Å²) in [6, 6.07) is 10.2. The molecule has 0 aromatic heterocycles. The van der Waals surface area contributed by atoms with Crippen molar-refractivity contribution in [2.75, 3.05) is 0 Å². The van der Waals surface area contributed by atoms with E-state index in [0.717, 1.165) is 18.5 Å². The summed E-state index contributed by atoms with van der Waals surface area (Å²) in [7, 11) is 0. The number of amides is 1. The fraction of sp³-hybridized carbons (Fsp3) is 0.333. The van der Waals surface area contributed by atoms with Crippen LogP contribution in [-0.4, -0.2) is 11.7 Å². The predicted octanol–water partition coefficient (Wildman–Crippen LogP) is 2.08. The van der Waals surface area contributed by atoms with Crippen molar-refractivity contribution < 1.29 is 9.59 Å². The van der Waals surface area contributed by atoms with E-state index in [9.17, 15) is 9.59 Å². The van der Waals surface area contributed by atoms with Crippen LogP contribution in [-0.2, 0) is 15.0 Å². The molecule has 1 fully saturated rings. The molecule has 3 heteroatoms. The zero-order valence-electron chi connectivity index (χ0n) is 10.1. The maximum atomic E-state index is 11.6. The van der Waals surface area contributed by atoms with Crippen LogP contribution >= 0.6 is 0 Å². The molecule has 92 valence electrons. The minimum Gasteiger partial charge on any atom is -0.329 e. The van der Waals surface area contributed by atoms with E-state index in [2.05, 4.69) is 17.4 Å². The summed E-state index contributed by atoms with van der Waals surface area (Å²) in [6.07, 6.45) is 4.30. The third-order valence-corrected chi connectivity index (χ3v) is 4.00. The smallest absolute Gasteiger partial charge is 0.224 e. The molecule has 0 saturated carbocycles. The van der Waals surface area contributed by atoms with E-state index in [1.54, 1.807) is 6.08 Å². The molecule has 3 nitrogen and oxygen atoms in total. The number of piperidine rings is 1. The van der Waals surface area contributed by atoms with Gasteiger partial charge >= 0.3 is 0 Å². The Hall–Kier alpha value is -1.90. The van der Waals surface area contributed by atoms with Crippen molar-refractivity contribution in [3.05, 3.63) is 47.7 Å². The first-order chi connectivity index (χ1) is 8.71. The Morgan fingerprint density at radius 2 is 1.72 bits per heavy atom. The van der Waals surface area contributed by atoms with E-state index in [0.29, 0.717) is 12.8 Å². The van der Waals surface area contributed by atoms with Crippen LogP contribution < -0.4 is 5.32 Å². The average molecular weight is 241 g/mol. The Balaban J connectivity index is 2.10. The number of benzene rings is 1. The number of ketones is 1. The van der Waals surface area contributed by atoms with Gasteiger partial charge in [-0.05, 0) is 18.4 Å². The van der Waals surface area contributed by atoms with Gasteiger partial charge < -0.3 is 5.32 Å². The Morgan fingerprint density at radius 3 is 2.50 bits per heavy atom. The monoisotopic (exact) mass is 241 g/mol. The van der Waals surface area contributed by atoms with Crippen molar-refractivity contribution in [2.24, 2.45) is 0 Å². The van der Waals surface area contributed by atoms with E-state index in [-0.39, 0.29) is 17.1 Å². The lowest BCUT2D eigenvalue weighted by Crippen LogP contribution is -2.46. The molecule has 1 aliphatic heterocycles. The standard InChI is InChI=1S/C15H15NO2/c17-12-6-8-15(11-4-2-1-3-5-11)9-7-14(18)16-13(15)10-12/h1-5,10H,6-9H2,(H,16,18). The van der Waals surface area contributed by atoms with Crippen LogP contribution in [0.5, 0.6) is 0 Å². The van der Waals surface area contributed by atoms with Crippen LogP contribution in [0.25, 0.3) is 0 Å². The molecular weight excluding hydrogens is 226 g/mol. The summed E-state index contributed by atoms with van der Waals surface area (Å²) >= 11 is 0. The largest absolute Gasteiger partial charge is 0.329 e. The van der Waals surface area contributed by atoms with Gasteiger partial charge in [0.15, 0.2) is 5.78 Å². The number of carbonyl (C=O) groups excluding carboxylic acids is 2. The highest BCUT2D eigenvalue weighted by atomic mass is 16.1. The SMILES string of the molecule is O=C1C=C2NC(=O)CCC2(c2ccccc2)CC1. The molecule has 2 aliphatic rings. The van der Waals surface area contributed by atoms with Gasteiger partial charge in [-0.15, -0.1) is 0 Å². The van der Waals surface area contributed by atoms with E-state index < -0.39 is 0 Å². The molecule has 0 spiro atoms. The topological polar surface area (TPSA) is 46.2 Å². The summed E-state index contributed by atoms with van der Waals surface area (Å²) in [4.78, 5) is 23.1. The normalized spacial score (nSPS) is 27.2. The van der Waals surface area contributed by atoms with Gasteiger partial charge in [-0.1, -0.05) is 30.3 Å². The molecule has 18 heavy (non-hydrogen) atoms. The Labute approximate surface area is 106 Å². The summed E-state index contributed by atoms with van der Waals surface area (Å²) in [5.74, 6) is 0.126. The molecule has 1 saturated heterocycles. The number of nitrogens with one attached hydrogen (secondary N) is 1. The quantitative estimate of drug-likeness (QED) is 0.818. The molecule has 0 bridgehead atoms. The van der Waals surface area contributed by atoms with Crippen molar-refractivity contribution >= 4 is 11.7 Å². The lowest BCUT2D eigenvalue weighted by Gasteiger charge is -2.42. The van der Waals surface area contributed by atoms with Crippen LogP contribution in [0.15, 0.2) is 42.1 Å². The number of fused-ring (bicyclic) bond motifs is 1. The first kappa shape index (κ1) is 11.2. The van der Waals surface area contributed by atoms with Crippen molar-refractivity contribution in [1.82, 2.24) is 5.32 Å². The Bertz CT molecular complexity index is 533. The van der Waals surface area contributed by atoms with Gasteiger partial charge in [-0.2, -0.15) is 0 Å².